The number of halogens is 1. The summed E-state index contributed by atoms with van der Waals surface area (Å²) >= 11 is 5.85. The van der Waals surface area contributed by atoms with E-state index in [4.69, 9.17) is 11.6 Å². The van der Waals surface area contributed by atoms with Crippen LogP contribution >= 0.6 is 11.6 Å². The predicted molar refractivity (Wildman–Crippen MR) is 134 cm³/mol. The van der Waals surface area contributed by atoms with Gasteiger partial charge in [-0.1, -0.05) is 29.8 Å². The molecule has 0 bridgehead atoms. The molecule has 1 aliphatic carbocycles. The van der Waals surface area contributed by atoms with E-state index in [1.165, 1.54) is 0 Å². The Morgan fingerprint density at radius 2 is 1.66 bits per heavy atom. The highest BCUT2D eigenvalue weighted by Gasteiger charge is 2.28. The van der Waals surface area contributed by atoms with Gasteiger partial charge in [-0.2, -0.15) is 5.10 Å². The Labute approximate surface area is 209 Å². The molecule has 1 aliphatic rings. The zero-order chi connectivity index (χ0) is 24.4. The maximum Gasteiger partial charge on any atom is 0.225 e. The average Bonchev–Trinajstić information content (AvgIpc) is 3.39. The molecule has 8 nitrogen and oxygen atoms in total. The molecule has 0 saturated heterocycles. The Balaban J connectivity index is 1.28. The molecule has 4 aromatic rings. The second kappa shape index (κ2) is 9.92. The number of amides is 1. The van der Waals surface area contributed by atoms with Crippen LogP contribution in [0.5, 0.6) is 0 Å². The van der Waals surface area contributed by atoms with Gasteiger partial charge in [0.05, 0.1) is 17.9 Å². The van der Waals surface area contributed by atoms with Crippen LogP contribution in [0.3, 0.4) is 0 Å². The summed E-state index contributed by atoms with van der Waals surface area (Å²) < 4.78 is 2.02. The third-order valence-corrected chi connectivity index (χ3v) is 6.70. The van der Waals surface area contributed by atoms with E-state index in [0.29, 0.717) is 17.0 Å². The molecule has 1 amide bonds. The number of carbonyl (C=O) groups is 1. The minimum Gasteiger partial charge on any atom is -0.349 e. The van der Waals surface area contributed by atoms with Crippen LogP contribution in [0.15, 0.2) is 61.2 Å². The molecule has 0 spiro atoms. The second-order valence-electron chi connectivity index (χ2n) is 9.06. The molecule has 3 heterocycles. The van der Waals surface area contributed by atoms with Crippen molar-refractivity contribution >= 4 is 17.5 Å². The zero-order valence-electron chi connectivity index (χ0n) is 19.7. The number of aromatic nitrogens is 6. The van der Waals surface area contributed by atoms with Gasteiger partial charge < -0.3 is 4.90 Å². The lowest BCUT2D eigenvalue weighted by atomic mass is 9.85. The summed E-state index contributed by atoms with van der Waals surface area (Å²) in [6.07, 6.45) is 11.3. The topological polar surface area (TPSA) is 89.7 Å². The Kier molecular flexibility index (Phi) is 6.55. The largest absolute Gasteiger partial charge is 0.349 e. The van der Waals surface area contributed by atoms with Gasteiger partial charge in [0.1, 0.15) is 0 Å². The molecule has 0 radical (unpaired) electrons. The van der Waals surface area contributed by atoms with Crippen molar-refractivity contribution in [3.8, 4) is 33.8 Å². The molecule has 35 heavy (non-hydrogen) atoms. The fourth-order valence-electron chi connectivity index (χ4n) is 4.55. The highest BCUT2D eigenvalue weighted by atomic mass is 35.5. The fraction of sp³-hybridized carbons (Fsp3) is 0.308. The molecule has 3 aromatic heterocycles. The van der Waals surface area contributed by atoms with Gasteiger partial charge in [-0.3, -0.25) is 9.48 Å². The van der Waals surface area contributed by atoms with Crippen molar-refractivity contribution in [2.75, 3.05) is 14.1 Å². The lowest BCUT2D eigenvalue weighted by Gasteiger charge is -2.29. The van der Waals surface area contributed by atoms with Crippen LogP contribution in [0.2, 0.25) is 5.15 Å². The molecule has 0 N–H and O–H groups in total. The first-order chi connectivity index (χ1) is 17.0. The van der Waals surface area contributed by atoms with E-state index in [0.717, 1.165) is 53.6 Å². The minimum atomic E-state index is 0.127. The molecule has 178 valence electrons. The molecule has 0 atom stereocenters. The summed E-state index contributed by atoms with van der Waals surface area (Å²) in [5.41, 5.74) is 4.44. The quantitative estimate of drug-likeness (QED) is 0.396. The summed E-state index contributed by atoms with van der Waals surface area (Å²) in [6, 6.07) is 11.7. The van der Waals surface area contributed by atoms with Crippen molar-refractivity contribution in [1.82, 2.24) is 34.8 Å². The summed E-state index contributed by atoms with van der Waals surface area (Å²) in [4.78, 5) is 23.1. The third kappa shape index (κ3) is 5.07. The normalized spacial score (nSPS) is 17.8. The standard InChI is InChI=1S/C26H26ClN7O/c1-33(2)26(35)17-6-8-22(9-7-17)34-16-21(15-30-34)20-13-28-25(29-14-20)19-5-3-4-18(12-19)23-10-11-24(27)32-31-23/h3-5,10-17,22H,6-9H2,1-2H3/t17-,22-. The van der Waals surface area contributed by atoms with E-state index in [-0.39, 0.29) is 11.8 Å². The SMILES string of the molecule is CN(C)C(=O)[C@H]1CC[C@H](n2cc(-c3cnc(-c4cccc(-c5ccc(Cl)nn5)c4)nc3)cn2)CC1. The predicted octanol–water partition coefficient (Wildman–Crippen LogP) is 4.94. The molecule has 9 heteroatoms. The van der Waals surface area contributed by atoms with Gasteiger partial charge in [0.15, 0.2) is 11.0 Å². The summed E-state index contributed by atoms with van der Waals surface area (Å²) in [5, 5.41) is 13.0. The lowest BCUT2D eigenvalue weighted by molar-refractivity contribution is -0.134. The highest BCUT2D eigenvalue weighted by Crippen LogP contribution is 2.33. The Morgan fingerprint density at radius 1 is 0.914 bits per heavy atom. The average molecular weight is 488 g/mol. The number of carbonyl (C=O) groups excluding carboxylic acids is 1. The van der Waals surface area contributed by atoms with E-state index in [9.17, 15) is 4.79 Å². The Hall–Kier alpha value is -3.65. The number of benzene rings is 1. The van der Waals surface area contributed by atoms with Crippen molar-refractivity contribution < 1.29 is 4.79 Å². The molecular weight excluding hydrogens is 462 g/mol. The number of hydrogen-bond donors (Lipinski definition) is 0. The van der Waals surface area contributed by atoms with Crippen molar-refractivity contribution in [1.29, 1.82) is 0 Å². The first kappa shape index (κ1) is 23.1. The first-order valence-electron chi connectivity index (χ1n) is 11.7. The molecule has 1 aromatic carbocycles. The zero-order valence-corrected chi connectivity index (χ0v) is 20.4. The van der Waals surface area contributed by atoms with E-state index in [2.05, 4.69) is 31.5 Å². The van der Waals surface area contributed by atoms with Gasteiger partial charge in [0.25, 0.3) is 0 Å². The molecular formula is C26H26ClN7O. The monoisotopic (exact) mass is 487 g/mol. The van der Waals surface area contributed by atoms with Crippen LogP contribution < -0.4 is 0 Å². The van der Waals surface area contributed by atoms with Gasteiger partial charge in [-0.05, 0) is 43.9 Å². The fourth-order valence-corrected chi connectivity index (χ4v) is 4.65. The maximum absolute atomic E-state index is 12.2. The number of nitrogens with zero attached hydrogens (tertiary/aromatic N) is 7. The van der Waals surface area contributed by atoms with Gasteiger partial charge in [0, 0.05) is 60.9 Å². The van der Waals surface area contributed by atoms with Gasteiger partial charge >= 0.3 is 0 Å². The van der Waals surface area contributed by atoms with Crippen LogP contribution in [-0.2, 0) is 4.79 Å². The van der Waals surface area contributed by atoms with Crippen molar-refractivity contribution in [2.24, 2.45) is 5.92 Å². The number of hydrogen-bond acceptors (Lipinski definition) is 6. The van der Waals surface area contributed by atoms with Crippen LogP contribution in [-0.4, -0.2) is 54.8 Å². The Morgan fingerprint density at radius 3 is 2.34 bits per heavy atom. The minimum absolute atomic E-state index is 0.127. The molecule has 5 rings (SSSR count). The second-order valence-corrected chi connectivity index (χ2v) is 9.45. The third-order valence-electron chi connectivity index (χ3n) is 6.50. The van der Waals surface area contributed by atoms with Crippen LogP contribution in [0.25, 0.3) is 33.8 Å². The van der Waals surface area contributed by atoms with Crippen LogP contribution in [0.1, 0.15) is 31.7 Å². The molecule has 0 aliphatic heterocycles. The van der Waals surface area contributed by atoms with E-state index in [1.807, 2.05) is 67.7 Å². The Bertz CT molecular complexity index is 1310. The summed E-state index contributed by atoms with van der Waals surface area (Å²) in [5.74, 6) is 0.990. The van der Waals surface area contributed by atoms with Gasteiger partial charge in [-0.25, -0.2) is 9.97 Å². The van der Waals surface area contributed by atoms with E-state index < -0.39 is 0 Å². The maximum atomic E-state index is 12.2. The summed E-state index contributed by atoms with van der Waals surface area (Å²) in [7, 11) is 3.65. The van der Waals surface area contributed by atoms with E-state index in [1.54, 1.807) is 11.0 Å². The highest BCUT2D eigenvalue weighted by molar-refractivity contribution is 6.29. The number of rotatable bonds is 5. The van der Waals surface area contributed by atoms with Crippen molar-refractivity contribution in [3.63, 3.8) is 0 Å². The van der Waals surface area contributed by atoms with Crippen molar-refractivity contribution in [2.45, 2.75) is 31.7 Å². The first-order valence-corrected chi connectivity index (χ1v) is 12.0. The lowest BCUT2D eigenvalue weighted by Crippen LogP contribution is -2.32. The molecule has 1 saturated carbocycles. The van der Waals surface area contributed by atoms with Gasteiger partial charge in [-0.15, -0.1) is 10.2 Å². The van der Waals surface area contributed by atoms with Crippen LogP contribution in [0.4, 0.5) is 0 Å². The van der Waals surface area contributed by atoms with Crippen molar-refractivity contribution in [3.05, 3.63) is 66.3 Å². The molecule has 0 unspecified atom stereocenters. The van der Waals surface area contributed by atoms with Gasteiger partial charge in [0.2, 0.25) is 5.91 Å². The summed E-state index contributed by atoms with van der Waals surface area (Å²) in [6.45, 7) is 0. The van der Waals surface area contributed by atoms with Crippen LogP contribution in [0, 0.1) is 5.92 Å². The molecule has 1 fully saturated rings. The smallest absolute Gasteiger partial charge is 0.225 e. The van der Waals surface area contributed by atoms with E-state index >= 15 is 0 Å².